The molecule has 0 saturated heterocycles. The lowest BCUT2D eigenvalue weighted by molar-refractivity contribution is 0.531. The van der Waals surface area contributed by atoms with Gasteiger partial charge in [-0.15, -0.1) is 0 Å². The van der Waals surface area contributed by atoms with Crippen LogP contribution in [-0.2, 0) is 0 Å². The summed E-state index contributed by atoms with van der Waals surface area (Å²) in [6, 6.07) is 0. The first kappa shape index (κ1) is 3.11. The number of hydrogen-bond acceptors (Lipinski definition) is 0. The van der Waals surface area contributed by atoms with Crippen LogP contribution in [0.15, 0.2) is 0 Å². The molecule has 0 N–H and O–H groups in total. The highest BCUT2D eigenvalue weighted by molar-refractivity contribution is 4.64. The molecule has 1 saturated carbocycles. The molecule has 0 spiro atoms. The van der Waals surface area contributed by atoms with Crippen LogP contribution in [0.2, 0.25) is 0 Å². The molecule has 42 valence electrons. The van der Waals surface area contributed by atoms with Gasteiger partial charge in [-0.25, -0.2) is 0 Å². The summed E-state index contributed by atoms with van der Waals surface area (Å²) in [5, 5.41) is 0. The molecule has 7 heavy (non-hydrogen) atoms. The van der Waals surface area contributed by atoms with Crippen molar-refractivity contribution in [3.05, 3.63) is 0 Å². The molecule has 0 heterocycles. The van der Waals surface area contributed by atoms with E-state index in [4.69, 9.17) is 2.74 Å². The third kappa shape index (κ3) is 1.19. The van der Waals surface area contributed by atoms with Crippen LogP contribution in [0.4, 0.5) is 0 Å². The van der Waals surface area contributed by atoms with Gasteiger partial charge < -0.3 is 0 Å². The average Bonchev–Trinajstić information content (AvgIpc) is 2.08. The van der Waals surface area contributed by atoms with E-state index in [-0.39, 0.29) is 0 Å². The van der Waals surface area contributed by atoms with Gasteiger partial charge in [0, 0.05) is 2.74 Å². The summed E-state index contributed by atoms with van der Waals surface area (Å²) >= 11 is 0. The largest absolute Gasteiger partial charge is 0.0651 e. The van der Waals surface area contributed by atoms with Gasteiger partial charge in [0.1, 0.15) is 0 Å². The Kier molecular flexibility index (Phi) is 1.04. The van der Waals surface area contributed by atoms with Crippen LogP contribution in [0.1, 0.15) is 41.7 Å². The average molecular weight is 100 g/mol. The monoisotopic (exact) mass is 100 g/mol. The maximum atomic E-state index is 7.40. The Balaban J connectivity index is 2.42. The Labute approximate surface area is 48.7 Å². The van der Waals surface area contributed by atoms with Crippen LogP contribution in [0, 0.1) is 5.92 Å². The van der Waals surface area contributed by atoms with Crippen molar-refractivity contribution in [3.63, 3.8) is 0 Å². The maximum Gasteiger partial charge on any atom is 0.0267 e. The highest BCUT2D eigenvalue weighted by Gasteiger charge is 2.11. The predicted molar refractivity (Wildman–Crippen MR) is 32.2 cm³/mol. The van der Waals surface area contributed by atoms with E-state index in [9.17, 15) is 0 Å². The van der Waals surface area contributed by atoms with Crippen molar-refractivity contribution in [2.45, 2.75) is 39.0 Å². The van der Waals surface area contributed by atoms with Crippen molar-refractivity contribution in [2.24, 2.45) is 5.92 Å². The van der Waals surface area contributed by atoms with Crippen molar-refractivity contribution >= 4 is 0 Å². The van der Waals surface area contributed by atoms with Crippen LogP contribution in [0.5, 0.6) is 0 Å². The molecule has 1 aliphatic carbocycles. The van der Waals surface area contributed by atoms with Gasteiger partial charge in [0.05, 0.1) is 0 Å². The minimum absolute atomic E-state index is 0.345. The van der Waals surface area contributed by atoms with Gasteiger partial charge >= 0.3 is 0 Å². The Hall–Kier alpha value is 0. The summed E-state index contributed by atoms with van der Waals surface area (Å²) in [5.74, 6) is 0.345. The van der Waals surface area contributed by atoms with Crippen molar-refractivity contribution in [1.82, 2.24) is 0 Å². The first-order chi connectivity index (χ1) is 4.11. The van der Waals surface area contributed by atoms with Crippen LogP contribution in [0.3, 0.4) is 0 Å². The van der Waals surface area contributed by atoms with Gasteiger partial charge in [0.2, 0.25) is 0 Å². The summed E-state index contributed by atoms with van der Waals surface area (Å²) in [7, 11) is 0. The summed E-state index contributed by atoms with van der Waals surface area (Å²) in [4.78, 5) is 0. The topological polar surface area (TPSA) is 0 Å². The van der Waals surface area contributed by atoms with Crippen LogP contribution in [0.25, 0.3) is 0 Å². The minimum atomic E-state index is -0.920. The van der Waals surface area contributed by atoms with Crippen LogP contribution < -0.4 is 0 Å². The molecule has 1 rings (SSSR count). The van der Waals surface area contributed by atoms with E-state index in [1.165, 1.54) is 12.8 Å². The van der Waals surface area contributed by atoms with E-state index >= 15 is 0 Å². The molecule has 0 aliphatic heterocycles. The van der Waals surface area contributed by atoms with Gasteiger partial charge in [-0.1, -0.05) is 39.0 Å². The Bertz CT molecular complexity index is 87.6. The molecular formula is C7H14. The SMILES string of the molecule is [2H]C([2H])(C)C1CCCC1. The molecule has 0 radical (unpaired) electrons. The zero-order valence-corrected chi connectivity index (χ0v) is 4.91. The smallest absolute Gasteiger partial charge is 0.0267 e. The first-order valence-corrected chi connectivity index (χ1v) is 3.11. The van der Waals surface area contributed by atoms with E-state index in [1.54, 1.807) is 6.92 Å². The second-order valence-corrected chi connectivity index (χ2v) is 2.27. The normalized spacial score (nSPS) is 29.9. The fourth-order valence-corrected chi connectivity index (χ4v) is 1.21. The zero-order valence-electron chi connectivity index (χ0n) is 6.91. The molecule has 0 aromatic heterocycles. The van der Waals surface area contributed by atoms with Gasteiger partial charge in [-0.2, -0.15) is 0 Å². The summed E-state index contributed by atoms with van der Waals surface area (Å²) < 4.78 is 14.8. The van der Waals surface area contributed by atoms with Crippen LogP contribution >= 0.6 is 0 Å². The lowest BCUT2D eigenvalue weighted by Gasteiger charge is -1.99. The molecule has 0 aromatic carbocycles. The third-order valence-electron chi connectivity index (χ3n) is 1.76. The highest BCUT2D eigenvalue weighted by Crippen LogP contribution is 2.26. The maximum absolute atomic E-state index is 7.40. The summed E-state index contributed by atoms with van der Waals surface area (Å²) in [6.45, 7) is 1.70. The predicted octanol–water partition coefficient (Wildman–Crippen LogP) is 2.59. The summed E-state index contributed by atoms with van der Waals surface area (Å²) in [6.07, 6.45) is 3.75. The minimum Gasteiger partial charge on any atom is -0.0651 e. The Morgan fingerprint density at radius 1 is 1.57 bits per heavy atom. The van der Waals surface area contributed by atoms with E-state index in [2.05, 4.69) is 0 Å². The fraction of sp³-hybridized carbons (Fsp3) is 1.00. The van der Waals surface area contributed by atoms with E-state index in [0.29, 0.717) is 5.92 Å². The molecule has 0 aromatic rings. The molecule has 0 amide bonds. The lowest BCUT2D eigenvalue weighted by atomic mass is 10.1. The van der Waals surface area contributed by atoms with Gasteiger partial charge in [-0.3, -0.25) is 0 Å². The fourth-order valence-electron chi connectivity index (χ4n) is 1.21. The van der Waals surface area contributed by atoms with Crippen molar-refractivity contribution in [2.75, 3.05) is 0 Å². The highest BCUT2D eigenvalue weighted by atomic mass is 14.2. The molecule has 0 atom stereocenters. The van der Waals surface area contributed by atoms with Crippen molar-refractivity contribution < 1.29 is 2.74 Å². The van der Waals surface area contributed by atoms with Crippen molar-refractivity contribution in [3.8, 4) is 0 Å². The molecular weight excluding hydrogens is 84.1 g/mol. The molecule has 1 aliphatic rings. The van der Waals surface area contributed by atoms with E-state index in [0.717, 1.165) is 12.8 Å². The van der Waals surface area contributed by atoms with E-state index in [1.807, 2.05) is 0 Å². The number of hydrogen-bond donors (Lipinski definition) is 0. The third-order valence-corrected chi connectivity index (χ3v) is 1.76. The standard InChI is InChI=1S/C7H14/c1-2-7-5-3-4-6-7/h7H,2-6H2,1H3/i2D2. The van der Waals surface area contributed by atoms with Crippen LogP contribution in [-0.4, -0.2) is 0 Å². The zero-order chi connectivity index (χ0) is 6.91. The lowest BCUT2D eigenvalue weighted by Crippen LogP contribution is -1.86. The Morgan fingerprint density at radius 2 is 2.14 bits per heavy atom. The Morgan fingerprint density at radius 3 is 2.43 bits per heavy atom. The van der Waals surface area contributed by atoms with Gasteiger partial charge in [0.15, 0.2) is 0 Å². The quantitative estimate of drug-likeness (QED) is 0.475. The van der Waals surface area contributed by atoms with Gasteiger partial charge in [0.25, 0.3) is 0 Å². The second-order valence-electron chi connectivity index (χ2n) is 2.27. The van der Waals surface area contributed by atoms with Crippen molar-refractivity contribution in [1.29, 1.82) is 0 Å². The van der Waals surface area contributed by atoms with Gasteiger partial charge in [-0.05, 0) is 5.92 Å². The summed E-state index contributed by atoms with van der Waals surface area (Å²) in [5.41, 5.74) is 0. The first-order valence-electron chi connectivity index (χ1n) is 4.11. The molecule has 0 nitrogen and oxygen atoms in total. The molecule has 0 bridgehead atoms. The van der Waals surface area contributed by atoms with E-state index < -0.39 is 6.37 Å². The second kappa shape index (κ2) is 2.34. The molecule has 1 fully saturated rings. The number of rotatable bonds is 1. The molecule has 0 heteroatoms. The molecule has 0 unspecified atom stereocenters.